The average Bonchev–Trinajstić information content (AvgIpc) is 2.15. The molecule has 0 spiro atoms. The van der Waals surface area contributed by atoms with Crippen molar-refractivity contribution in [1.82, 2.24) is 10.2 Å². The summed E-state index contributed by atoms with van der Waals surface area (Å²) < 4.78 is 5.27. The quantitative estimate of drug-likeness (QED) is 0.550. The smallest absolute Gasteiger partial charge is 0.151 e. The molecule has 0 unspecified atom stereocenters. The maximum Gasteiger partial charge on any atom is 0.151 e. The van der Waals surface area contributed by atoms with Gasteiger partial charge in [0, 0.05) is 0 Å². The van der Waals surface area contributed by atoms with Crippen molar-refractivity contribution in [3.63, 3.8) is 0 Å². The minimum Gasteiger partial charge on any atom is -0.371 e. The lowest BCUT2D eigenvalue weighted by Crippen LogP contribution is -1.97. The molecule has 0 radical (unpaired) electrons. The highest BCUT2D eigenvalue weighted by Gasteiger charge is 1.94. The van der Waals surface area contributed by atoms with Crippen LogP contribution in [0.1, 0.15) is 12.6 Å². The van der Waals surface area contributed by atoms with Crippen molar-refractivity contribution in [3.8, 4) is 0 Å². The fraction of sp³-hybridized carbons (Fsp3) is 0.333. The Bertz CT molecular complexity index is 271. The lowest BCUT2D eigenvalue weighted by Gasteiger charge is -1.98. The Morgan fingerprint density at radius 1 is 1.46 bits per heavy atom. The summed E-state index contributed by atoms with van der Waals surface area (Å²) in [6, 6.07) is 3.49. The van der Waals surface area contributed by atoms with Gasteiger partial charge in [-0.15, -0.1) is 5.10 Å². The Morgan fingerprint density at radius 3 is 2.92 bits per heavy atom. The number of rotatable bonds is 4. The molecule has 0 saturated carbocycles. The summed E-state index contributed by atoms with van der Waals surface area (Å²) in [5.41, 5.74) is 0.786. The molecule has 0 fully saturated rings. The van der Waals surface area contributed by atoms with Crippen LogP contribution >= 0.6 is 11.6 Å². The SMILES string of the molecule is C/C=C/COCc1ccc(Cl)nn1. The molecule has 1 rings (SSSR count). The van der Waals surface area contributed by atoms with Crippen molar-refractivity contribution in [1.29, 1.82) is 0 Å². The fourth-order valence-corrected chi connectivity index (χ4v) is 0.849. The standard InChI is InChI=1S/C9H11ClN2O/c1-2-3-6-13-7-8-4-5-9(10)12-11-8/h2-5H,6-7H2,1H3/b3-2+. The van der Waals surface area contributed by atoms with Crippen molar-refractivity contribution < 1.29 is 4.74 Å². The first-order valence-electron chi connectivity index (χ1n) is 4.00. The highest BCUT2D eigenvalue weighted by Crippen LogP contribution is 2.02. The van der Waals surface area contributed by atoms with Gasteiger partial charge in [0.15, 0.2) is 5.15 Å². The molecule has 0 amide bonds. The highest BCUT2D eigenvalue weighted by atomic mass is 35.5. The molecule has 0 N–H and O–H groups in total. The van der Waals surface area contributed by atoms with E-state index in [4.69, 9.17) is 16.3 Å². The minimum absolute atomic E-state index is 0.400. The molecule has 0 bridgehead atoms. The largest absolute Gasteiger partial charge is 0.371 e. The molecule has 70 valence electrons. The number of hydrogen-bond acceptors (Lipinski definition) is 3. The van der Waals surface area contributed by atoms with Gasteiger partial charge in [-0.05, 0) is 19.1 Å². The van der Waals surface area contributed by atoms with Gasteiger partial charge < -0.3 is 4.74 Å². The van der Waals surface area contributed by atoms with Crippen LogP contribution in [-0.2, 0) is 11.3 Å². The second-order valence-corrected chi connectivity index (χ2v) is 2.82. The van der Waals surface area contributed by atoms with Gasteiger partial charge in [-0.1, -0.05) is 23.8 Å². The number of nitrogens with zero attached hydrogens (tertiary/aromatic N) is 2. The van der Waals surface area contributed by atoms with E-state index in [2.05, 4.69) is 10.2 Å². The monoisotopic (exact) mass is 198 g/mol. The predicted octanol–water partition coefficient (Wildman–Crippen LogP) is 2.22. The van der Waals surface area contributed by atoms with Gasteiger partial charge in [-0.25, -0.2) is 0 Å². The van der Waals surface area contributed by atoms with E-state index >= 15 is 0 Å². The second kappa shape index (κ2) is 5.67. The number of ether oxygens (including phenoxy) is 1. The number of allylic oxidation sites excluding steroid dienone is 1. The third kappa shape index (κ3) is 4.01. The Hall–Kier alpha value is -0.930. The van der Waals surface area contributed by atoms with Crippen LogP contribution in [0.25, 0.3) is 0 Å². The van der Waals surface area contributed by atoms with Crippen LogP contribution in [-0.4, -0.2) is 16.8 Å². The van der Waals surface area contributed by atoms with Gasteiger partial charge in [0.2, 0.25) is 0 Å². The van der Waals surface area contributed by atoms with E-state index in [0.717, 1.165) is 5.69 Å². The first kappa shape index (κ1) is 10.2. The zero-order valence-corrected chi connectivity index (χ0v) is 8.16. The molecular formula is C9H11ClN2O. The van der Waals surface area contributed by atoms with Crippen LogP contribution in [0.3, 0.4) is 0 Å². The van der Waals surface area contributed by atoms with E-state index in [0.29, 0.717) is 18.4 Å². The van der Waals surface area contributed by atoms with Crippen LogP contribution in [0.5, 0.6) is 0 Å². The third-order valence-corrected chi connectivity index (χ3v) is 1.59. The van der Waals surface area contributed by atoms with Crippen molar-refractivity contribution in [2.45, 2.75) is 13.5 Å². The average molecular weight is 199 g/mol. The Labute approximate surface area is 82.4 Å². The van der Waals surface area contributed by atoms with E-state index in [1.807, 2.05) is 19.1 Å². The Kier molecular flexibility index (Phi) is 4.43. The zero-order chi connectivity index (χ0) is 9.52. The molecule has 1 aromatic rings. The molecule has 1 aromatic heterocycles. The van der Waals surface area contributed by atoms with Gasteiger partial charge >= 0.3 is 0 Å². The van der Waals surface area contributed by atoms with Crippen LogP contribution in [0.15, 0.2) is 24.3 Å². The number of halogens is 1. The summed E-state index contributed by atoms with van der Waals surface area (Å²) in [5.74, 6) is 0. The normalized spacial score (nSPS) is 10.9. The van der Waals surface area contributed by atoms with Crippen molar-refractivity contribution in [2.24, 2.45) is 0 Å². The van der Waals surface area contributed by atoms with E-state index in [-0.39, 0.29) is 0 Å². The molecule has 0 aliphatic carbocycles. The van der Waals surface area contributed by atoms with Gasteiger partial charge in [-0.2, -0.15) is 5.10 Å². The lowest BCUT2D eigenvalue weighted by atomic mass is 10.4. The molecule has 0 atom stereocenters. The van der Waals surface area contributed by atoms with Gasteiger partial charge in [0.05, 0.1) is 18.9 Å². The van der Waals surface area contributed by atoms with Crippen LogP contribution in [0, 0.1) is 0 Å². The summed E-state index contributed by atoms with van der Waals surface area (Å²) >= 11 is 5.57. The van der Waals surface area contributed by atoms with Crippen LogP contribution in [0.2, 0.25) is 5.15 Å². The summed E-state index contributed by atoms with van der Waals surface area (Å²) in [4.78, 5) is 0. The summed E-state index contributed by atoms with van der Waals surface area (Å²) in [7, 11) is 0. The molecular weight excluding hydrogens is 188 g/mol. The molecule has 13 heavy (non-hydrogen) atoms. The first-order valence-corrected chi connectivity index (χ1v) is 4.37. The van der Waals surface area contributed by atoms with E-state index in [9.17, 15) is 0 Å². The lowest BCUT2D eigenvalue weighted by molar-refractivity contribution is 0.145. The van der Waals surface area contributed by atoms with Crippen molar-refractivity contribution >= 4 is 11.6 Å². The topological polar surface area (TPSA) is 35.0 Å². The molecule has 0 aromatic carbocycles. The predicted molar refractivity (Wildman–Crippen MR) is 51.5 cm³/mol. The van der Waals surface area contributed by atoms with Crippen LogP contribution < -0.4 is 0 Å². The van der Waals surface area contributed by atoms with Gasteiger partial charge in [0.1, 0.15) is 0 Å². The van der Waals surface area contributed by atoms with E-state index in [1.54, 1.807) is 12.1 Å². The second-order valence-electron chi connectivity index (χ2n) is 2.43. The van der Waals surface area contributed by atoms with Crippen molar-refractivity contribution in [3.05, 3.63) is 35.1 Å². The van der Waals surface area contributed by atoms with E-state index < -0.39 is 0 Å². The Balaban J connectivity index is 2.33. The maximum absolute atomic E-state index is 5.57. The molecule has 0 aliphatic heterocycles. The summed E-state index contributed by atoms with van der Waals surface area (Å²) in [6.07, 6.45) is 3.87. The molecule has 4 heteroatoms. The highest BCUT2D eigenvalue weighted by molar-refractivity contribution is 6.29. The fourth-order valence-electron chi connectivity index (χ4n) is 0.748. The zero-order valence-electron chi connectivity index (χ0n) is 7.40. The Morgan fingerprint density at radius 2 is 2.31 bits per heavy atom. The summed E-state index contributed by atoms with van der Waals surface area (Å²) in [6.45, 7) is 3.01. The van der Waals surface area contributed by atoms with Gasteiger partial charge in [-0.3, -0.25) is 0 Å². The van der Waals surface area contributed by atoms with Gasteiger partial charge in [0.25, 0.3) is 0 Å². The number of aromatic nitrogens is 2. The molecule has 0 saturated heterocycles. The maximum atomic E-state index is 5.57. The van der Waals surface area contributed by atoms with Crippen molar-refractivity contribution in [2.75, 3.05) is 6.61 Å². The molecule has 1 heterocycles. The number of hydrogen-bond donors (Lipinski definition) is 0. The van der Waals surface area contributed by atoms with Crippen LogP contribution in [0.4, 0.5) is 0 Å². The van der Waals surface area contributed by atoms with E-state index in [1.165, 1.54) is 0 Å². The third-order valence-electron chi connectivity index (χ3n) is 1.39. The summed E-state index contributed by atoms with van der Waals surface area (Å²) in [5, 5.41) is 7.94. The molecule has 3 nitrogen and oxygen atoms in total. The first-order chi connectivity index (χ1) is 6.33. The minimum atomic E-state index is 0.400. The molecule has 0 aliphatic rings.